The molecular weight excluding hydrogens is 689 g/mol. The molecule has 0 N–H and O–H groups in total. The smallest absolute Gasteiger partial charge is 1.00 e. The van der Waals surface area contributed by atoms with Gasteiger partial charge in [-0.05, 0) is 0 Å². The van der Waals surface area contributed by atoms with Crippen LogP contribution < -0.4 is 116 Å². The van der Waals surface area contributed by atoms with Crippen LogP contribution in [0.5, 0.6) is 0 Å². The van der Waals surface area contributed by atoms with Gasteiger partial charge in [0, 0.05) is 31.1 Å². The Morgan fingerprint density at radius 1 is 0.429 bits per heavy atom. The topological polar surface area (TPSA) is 322 Å². The number of hydrogen-bond donors (Lipinski definition) is 0. The van der Waals surface area contributed by atoms with Crippen molar-refractivity contribution >= 4 is 0 Å². The van der Waals surface area contributed by atoms with Crippen molar-refractivity contribution in [2.75, 3.05) is 0 Å². The Hall–Kier alpha value is 1.38. The van der Waals surface area contributed by atoms with E-state index in [4.69, 9.17) is 61.3 Å². The first-order valence-electron chi connectivity index (χ1n) is 2.19. The van der Waals surface area contributed by atoms with E-state index in [0.29, 0.717) is 0 Å². The molecule has 0 bridgehead atoms. The predicted octanol–water partition coefficient (Wildman–Crippen LogP) is -7.19. The summed E-state index contributed by atoms with van der Waals surface area (Å²) in [7, 11) is 0. The van der Waals surface area contributed by atoms with E-state index in [1.165, 1.54) is 0 Å². The molecular formula is N4O14Rb2U-6. The summed E-state index contributed by atoms with van der Waals surface area (Å²) in [6, 6.07) is 0. The molecule has 116 valence electrons. The van der Waals surface area contributed by atoms with Gasteiger partial charge in [0.1, 0.15) is 0 Å². The van der Waals surface area contributed by atoms with E-state index in [1.807, 2.05) is 0 Å². The second-order valence-corrected chi connectivity index (χ2v) is 0.894. The molecule has 0 saturated carbocycles. The van der Waals surface area contributed by atoms with Crippen LogP contribution in [0, 0.1) is 92.4 Å². The van der Waals surface area contributed by atoms with E-state index in [0.717, 1.165) is 0 Å². The maximum absolute atomic E-state index is 8.25. The fraction of sp³-hybridized carbons (Fsp3) is 0. The molecule has 0 fully saturated rings. The first-order valence-corrected chi connectivity index (χ1v) is 2.19. The molecule has 0 heterocycles. The molecule has 0 rings (SSSR count). The van der Waals surface area contributed by atoms with Crippen molar-refractivity contribution in [1.29, 1.82) is 0 Å². The van der Waals surface area contributed by atoms with Crippen LogP contribution >= 0.6 is 0 Å². The third-order valence-electron chi connectivity index (χ3n) is 0. The zero-order chi connectivity index (χ0) is 14.3. The van der Waals surface area contributed by atoms with Crippen molar-refractivity contribution in [1.82, 2.24) is 0 Å². The van der Waals surface area contributed by atoms with Crippen LogP contribution in [0.2, 0.25) is 0 Å². The molecule has 0 atom stereocenters. The van der Waals surface area contributed by atoms with Gasteiger partial charge >= 0.3 is 116 Å². The molecule has 0 aromatic heterocycles. The quantitative estimate of drug-likeness (QED) is 0.169. The fourth-order valence-corrected chi connectivity index (χ4v) is 0. The Morgan fingerprint density at radius 2 is 0.429 bits per heavy atom. The molecule has 21 heteroatoms. The van der Waals surface area contributed by atoms with Gasteiger partial charge in [0.05, 0.1) is 20.3 Å². The summed E-state index contributed by atoms with van der Waals surface area (Å²) in [6.45, 7) is 0. The van der Waals surface area contributed by atoms with Gasteiger partial charge in [0.2, 0.25) is 0 Å². The second kappa shape index (κ2) is 49.6. The summed E-state index contributed by atoms with van der Waals surface area (Å²) in [5.41, 5.74) is 0. The average Bonchev–Trinajstić information content (AvgIpc) is 1.76. The van der Waals surface area contributed by atoms with Gasteiger partial charge in [-0.25, -0.2) is 0 Å². The molecule has 21 heavy (non-hydrogen) atoms. The molecule has 0 radical (unpaired) electrons. The molecule has 0 aromatic rings. The molecule has 0 aliphatic carbocycles. The Morgan fingerprint density at radius 3 is 0.429 bits per heavy atom. The number of nitrogens with zero attached hydrogens (tertiary/aromatic N) is 4. The minimum Gasteiger partial charge on any atom is -2.00 e. The summed E-state index contributed by atoms with van der Waals surface area (Å²) in [6.07, 6.45) is 0. The van der Waals surface area contributed by atoms with Crippen LogP contribution in [-0.2, 0) is 11.0 Å². The van der Waals surface area contributed by atoms with E-state index in [-0.39, 0.29) is 158 Å². The predicted molar refractivity (Wildman–Crippen MR) is 42.8 cm³/mol. The van der Waals surface area contributed by atoms with E-state index in [9.17, 15) is 0 Å². The van der Waals surface area contributed by atoms with Crippen LogP contribution in [0.1, 0.15) is 0 Å². The van der Waals surface area contributed by atoms with Crippen LogP contribution in [0.15, 0.2) is 0 Å². The zero-order valence-electron chi connectivity index (χ0n) is 10.0. The number of rotatable bonds is 0. The summed E-state index contributed by atoms with van der Waals surface area (Å²) < 4.78 is 0. The van der Waals surface area contributed by atoms with Crippen LogP contribution in [0.25, 0.3) is 0 Å². The monoisotopic (exact) mass is 688 g/mol. The normalized spacial score (nSPS) is 4.57. The van der Waals surface area contributed by atoms with Crippen molar-refractivity contribution < 1.29 is 179 Å². The van der Waals surface area contributed by atoms with Crippen LogP contribution in [0.4, 0.5) is 0 Å². The minimum atomic E-state index is -1.75. The SMILES string of the molecule is O=[N+]([O-])[O-].O=[N+]([O-])[O-].O=[N+]([O-])[O-].O=[N+]([O-])[O-].[O-2].[O-2].[Rb+].[Rb+].[U]. The third kappa shape index (κ3) is 4200. The van der Waals surface area contributed by atoms with Crippen LogP contribution in [-0.4, -0.2) is 20.3 Å². The number of hydrogen-bond acceptors (Lipinski definition) is 12. The minimum absolute atomic E-state index is 0. The largest absolute Gasteiger partial charge is 2.00 e. The molecule has 0 aliphatic rings. The summed E-state index contributed by atoms with van der Waals surface area (Å²) in [5.74, 6) is 0. The van der Waals surface area contributed by atoms with Gasteiger partial charge in [0.15, 0.2) is 0 Å². The van der Waals surface area contributed by atoms with Gasteiger partial charge in [-0.1, -0.05) is 0 Å². The molecule has 0 aromatic carbocycles. The second-order valence-electron chi connectivity index (χ2n) is 0.894. The Labute approximate surface area is 234 Å². The van der Waals surface area contributed by atoms with E-state index < -0.39 is 20.3 Å². The van der Waals surface area contributed by atoms with Crippen LogP contribution in [0.3, 0.4) is 0 Å². The summed E-state index contributed by atoms with van der Waals surface area (Å²) in [4.78, 5) is 33.0. The fourth-order valence-electron chi connectivity index (χ4n) is 0. The van der Waals surface area contributed by atoms with Crippen molar-refractivity contribution in [3.8, 4) is 0 Å². The van der Waals surface area contributed by atoms with Gasteiger partial charge in [-0.15, -0.1) is 0 Å². The molecule has 18 nitrogen and oxygen atoms in total. The average molecular weight is 689 g/mol. The molecule has 0 spiro atoms. The third-order valence-corrected chi connectivity index (χ3v) is 0. The van der Waals surface area contributed by atoms with Gasteiger partial charge in [0.25, 0.3) is 0 Å². The standard InChI is InChI=1S/4NO3.2O.2Rb.U/c4*2-1(3)4;;;;;/q4*-1;2*-2;2*+1;. The molecule has 0 unspecified atom stereocenters. The first-order chi connectivity index (χ1) is 6.93. The first kappa shape index (κ1) is 57.1. The molecule has 0 aliphatic heterocycles. The molecule has 0 saturated heterocycles. The van der Waals surface area contributed by atoms with E-state index in [1.54, 1.807) is 0 Å². The Kier molecular flexibility index (Phi) is 135. The van der Waals surface area contributed by atoms with Crippen molar-refractivity contribution in [3.63, 3.8) is 0 Å². The van der Waals surface area contributed by atoms with Crippen molar-refractivity contribution in [2.24, 2.45) is 0 Å². The maximum atomic E-state index is 8.25. The van der Waals surface area contributed by atoms with E-state index >= 15 is 0 Å². The summed E-state index contributed by atoms with van der Waals surface area (Å²) in [5, 5.41) is 59.0. The Balaban J connectivity index is -0.0000000121. The molecule has 0 amide bonds. The van der Waals surface area contributed by atoms with Gasteiger partial charge in [-0.3, -0.25) is 0 Å². The van der Waals surface area contributed by atoms with Crippen molar-refractivity contribution in [3.05, 3.63) is 61.3 Å². The van der Waals surface area contributed by atoms with Crippen molar-refractivity contribution in [2.45, 2.75) is 0 Å². The summed E-state index contributed by atoms with van der Waals surface area (Å²) >= 11 is 0. The van der Waals surface area contributed by atoms with E-state index in [2.05, 4.69) is 0 Å². The van der Waals surface area contributed by atoms with Gasteiger partial charge in [-0.2, -0.15) is 0 Å². The van der Waals surface area contributed by atoms with Gasteiger partial charge < -0.3 is 72.2 Å². The maximum Gasteiger partial charge on any atom is 1.00 e. The zero-order valence-corrected chi connectivity index (χ0v) is 24.0. The Bertz CT molecular complexity index is 169.